The predicted octanol–water partition coefficient (Wildman–Crippen LogP) is 6.36. The number of ether oxygens (including phenoxy) is 4. The van der Waals surface area contributed by atoms with E-state index in [4.69, 9.17) is 18.9 Å². The third kappa shape index (κ3) is 10.6. The lowest BCUT2D eigenvalue weighted by Gasteiger charge is -2.33. The van der Waals surface area contributed by atoms with Crippen LogP contribution in [0.4, 0.5) is 4.79 Å². The molecule has 2 atom stereocenters. The van der Waals surface area contributed by atoms with Crippen molar-refractivity contribution in [1.82, 2.24) is 15.1 Å². The maximum absolute atomic E-state index is 13.8. The van der Waals surface area contributed by atoms with Crippen LogP contribution in [-0.4, -0.2) is 87.1 Å². The SMILES string of the molecule is COCCCOc1c(OC)ccc(C(=O)NC[C@@H]2CN(Cc3ccccc3)C[C@H]2CN(C(=O)OC(C)(C)C)C(C)C)c1C(C)C. The Morgan fingerprint density at radius 1 is 0.978 bits per heavy atom. The number of nitrogens with one attached hydrogen (secondary N) is 1. The molecule has 1 fully saturated rings. The molecule has 0 saturated carbocycles. The molecule has 1 heterocycles. The summed E-state index contributed by atoms with van der Waals surface area (Å²) in [5, 5.41) is 3.24. The van der Waals surface area contributed by atoms with Crippen molar-refractivity contribution in [2.75, 3.05) is 53.6 Å². The number of benzene rings is 2. The molecule has 0 aliphatic carbocycles. The van der Waals surface area contributed by atoms with Gasteiger partial charge in [-0.25, -0.2) is 4.79 Å². The van der Waals surface area contributed by atoms with Crippen LogP contribution in [0.15, 0.2) is 42.5 Å². The van der Waals surface area contributed by atoms with Crippen LogP contribution in [-0.2, 0) is 16.0 Å². The van der Waals surface area contributed by atoms with Gasteiger partial charge in [-0.05, 0) is 70.1 Å². The van der Waals surface area contributed by atoms with Crippen molar-refractivity contribution in [2.45, 2.75) is 79.0 Å². The Morgan fingerprint density at radius 2 is 1.67 bits per heavy atom. The van der Waals surface area contributed by atoms with E-state index < -0.39 is 5.60 Å². The molecule has 2 aromatic carbocycles. The van der Waals surface area contributed by atoms with Crippen LogP contribution in [0.3, 0.4) is 0 Å². The number of likely N-dealkylation sites (tertiary alicyclic amines) is 1. The first-order valence-electron chi connectivity index (χ1n) is 16.2. The number of hydrogen-bond acceptors (Lipinski definition) is 7. The van der Waals surface area contributed by atoms with Crippen LogP contribution in [0.25, 0.3) is 0 Å². The molecule has 2 aromatic rings. The second-order valence-corrected chi connectivity index (χ2v) is 13.5. The molecule has 0 bridgehead atoms. The van der Waals surface area contributed by atoms with Crippen LogP contribution in [0.5, 0.6) is 11.5 Å². The first-order chi connectivity index (χ1) is 21.3. The third-order valence-electron chi connectivity index (χ3n) is 8.05. The van der Waals surface area contributed by atoms with E-state index in [1.165, 1.54) is 5.56 Å². The van der Waals surface area contributed by atoms with Gasteiger partial charge in [0.1, 0.15) is 5.60 Å². The largest absolute Gasteiger partial charge is 0.493 e. The molecule has 250 valence electrons. The molecule has 1 N–H and O–H groups in total. The third-order valence-corrected chi connectivity index (χ3v) is 8.05. The maximum Gasteiger partial charge on any atom is 0.410 e. The molecule has 1 saturated heterocycles. The quantitative estimate of drug-likeness (QED) is 0.231. The van der Waals surface area contributed by atoms with Crippen LogP contribution in [0, 0.1) is 11.8 Å². The Bertz CT molecular complexity index is 1230. The van der Waals surface area contributed by atoms with E-state index in [2.05, 4.69) is 48.3 Å². The fourth-order valence-electron chi connectivity index (χ4n) is 5.87. The Labute approximate surface area is 270 Å². The van der Waals surface area contributed by atoms with Gasteiger partial charge in [0, 0.05) is 70.0 Å². The lowest BCUT2D eigenvalue weighted by molar-refractivity contribution is 0.0146. The molecule has 0 aromatic heterocycles. The fourth-order valence-corrected chi connectivity index (χ4v) is 5.87. The van der Waals surface area contributed by atoms with Crippen LogP contribution in [0.1, 0.15) is 82.3 Å². The minimum atomic E-state index is -0.578. The minimum Gasteiger partial charge on any atom is -0.493 e. The van der Waals surface area contributed by atoms with Gasteiger partial charge in [-0.15, -0.1) is 0 Å². The lowest BCUT2D eigenvalue weighted by Crippen LogP contribution is -2.45. The number of carbonyl (C=O) groups is 2. The van der Waals surface area contributed by atoms with Crippen LogP contribution in [0.2, 0.25) is 0 Å². The van der Waals surface area contributed by atoms with Crippen molar-refractivity contribution in [1.29, 1.82) is 0 Å². The summed E-state index contributed by atoms with van der Waals surface area (Å²) in [7, 11) is 3.28. The molecular weight excluding hydrogens is 570 g/mol. The van der Waals surface area contributed by atoms with Crippen LogP contribution < -0.4 is 14.8 Å². The molecule has 0 unspecified atom stereocenters. The number of carbonyl (C=O) groups excluding carboxylic acids is 2. The van der Waals surface area contributed by atoms with Gasteiger partial charge in [0.15, 0.2) is 11.5 Å². The average molecular weight is 626 g/mol. The number of methoxy groups -OCH3 is 2. The van der Waals surface area contributed by atoms with Crippen molar-refractivity contribution < 1.29 is 28.5 Å². The van der Waals surface area contributed by atoms with Gasteiger partial charge < -0.3 is 29.2 Å². The van der Waals surface area contributed by atoms with E-state index >= 15 is 0 Å². The molecule has 0 spiro atoms. The Hall–Kier alpha value is -3.30. The van der Waals surface area contributed by atoms with Gasteiger partial charge >= 0.3 is 6.09 Å². The van der Waals surface area contributed by atoms with Gasteiger partial charge in [0.05, 0.1) is 13.7 Å². The van der Waals surface area contributed by atoms with E-state index in [1.807, 2.05) is 51.7 Å². The van der Waals surface area contributed by atoms with E-state index in [1.54, 1.807) is 20.3 Å². The normalized spacial score (nSPS) is 17.0. The summed E-state index contributed by atoms with van der Waals surface area (Å²) in [6.07, 6.45) is 0.423. The van der Waals surface area contributed by atoms with Crippen LogP contribution >= 0.6 is 0 Å². The second-order valence-electron chi connectivity index (χ2n) is 13.5. The van der Waals surface area contributed by atoms with Crippen molar-refractivity contribution in [3.63, 3.8) is 0 Å². The molecule has 1 aliphatic heterocycles. The Balaban J connectivity index is 1.82. The highest BCUT2D eigenvalue weighted by Gasteiger charge is 2.37. The summed E-state index contributed by atoms with van der Waals surface area (Å²) in [6, 6.07) is 14.0. The topological polar surface area (TPSA) is 89.6 Å². The van der Waals surface area contributed by atoms with Crippen molar-refractivity contribution in [2.24, 2.45) is 11.8 Å². The molecular formula is C36H55N3O6. The number of rotatable bonds is 15. The molecule has 3 rings (SSSR count). The van der Waals surface area contributed by atoms with Gasteiger partial charge in [0.2, 0.25) is 0 Å². The number of hydrogen-bond donors (Lipinski definition) is 1. The van der Waals surface area contributed by atoms with Crippen molar-refractivity contribution >= 4 is 12.0 Å². The van der Waals surface area contributed by atoms with E-state index in [9.17, 15) is 9.59 Å². The Kier molecular flexibility index (Phi) is 13.5. The highest BCUT2D eigenvalue weighted by molar-refractivity contribution is 5.97. The zero-order chi connectivity index (χ0) is 33.1. The molecule has 9 heteroatoms. The maximum atomic E-state index is 13.8. The van der Waals surface area contributed by atoms with Gasteiger partial charge in [0.25, 0.3) is 5.91 Å². The zero-order valence-corrected chi connectivity index (χ0v) is 28.9. The Morgan fingerprint density at radius 3 is 2.27 bits per heavy atom. The van der Waals surface area contributed by atoms with Gasteiger partial charge in [-0.1, -0.05) is 44.2 Å². The first-order valence-corrected chi connectivity index (χ1v) is 16.2. The van der Waals surface area contributed by atoms with E-state index in [0.717, 1.165) is 31.6 Å². The highest BCUT2D eigenvalue weighted by atomic mass is 16.6. The number of nitrogens with zero attached hydrogens (tertiary/aromatic N) is 2. The van der Waals surface area contributed by atoms with Gasteiger partial charge in [-0.2, -0.15) is 0 Å². The highest BCUT2D eigenvalue weighted by Crippen LogP contribution is 2.38. The van der Waals surface area contributed by atoms with E-state index in [-0.39, 0.29) is 35.8 Å². The molecule has 1 aliphatic rings. The summed E-state index contributed by atoms with van der Waals surface area (Å²) in [5.41, 5.74) is 2.08. The van der Waals surface area contributed by atoms with E-state index in [0.29, 0.717) is 43.4 Å². The summed E-state index contributed by atoms with van der Waals surface area (Å²) < 4.78 is 22.7. The average Bonchev–Trinajstić information content (AvgIpc) is 3.36. The number of amides is 2. The summed E-state index contributed by atoms with van der Waals surface area (Å²) >= 11 is 0. The van der Waals surface area contributed by atoms with Gasteiger partial charge in [-0.3, -0.25) is 9.69 Å². The fraction of sp³-hybridized carbons (Fsp3) is 0.611. The summed E-state index contributed by atoms with van der Waals surface area (Å²) in [5.74, 6) is 1.41. The second kappa shape index (κ2) is 16.9. The van der Waals surface area contributed by atoms with Crippen molar-refractivity contribution in [3.8, 4) is 11.5 Å². The van der Waals surface area contributed by atoms with Crippen molar-refractivity contribution in [3.05, 3.63) is 59.2 Å². The molecule has 9 nitrogen and oxygen atoms in total. The summed E-state index contributed by atoms with van der Waals surface area (Å²) in [4.78, 5) is 31.3. The monoisotopic (exact) mass is 625 g/mol. The molecule has 2 amide bonds. The smallest absolute Gasteiger partial charge is 0.410 e. The predicted molar refractivity (Wildman–Crippen MR) is 178 cm³/mol. The minimum absolute atomic E-state index is 0.0199. The molecule has 0 radical (unpaired) electrons. The zero-order valence-electron chi connectivity index (χ0n) is 28.9. The standard InChI is InChI=1S/C36H55N3O6/c1-25(2)32-30(16-17-31(43-9)33(32)44-19-13-18-42-8)34(40)37-20-28-22-38(21-27-14-11-10-12-15-27)23-29(28)24-39(26(3)4)35(41)45-36(5,6)7/h10-12,14-17,25-26,28-29H,13,18-24H2,1-9H3,(H,37,40)/t28-,29+/m1/s1. The summed E-state index contributed by atoms with van der Waals surface area (Å²) in [6.45, 7) is 18.3. The first kappa shape index (κ1) is 36.2. The molecule has 45 heavy (non-hydrogen) atoms. The lowest BCUT2D eigenvalue weighted by atomic mass is 9.93.